The number of sulfonamides is 1. The summed E-state index contributed by atoms with van der Waals surface area (Å²) in [5.41, 5.74) is 0.300. The van der Waals surface area contributed by atoms with Gasteiger partial charge in [0.2, 0.25) is 10.0 Å². The molecule has 1 saturated heterocycles. The molecule has 0 aromatic carbocycles. The summed E-state index contributed by atoms with van der Waals surface area (Å²) in [6.45, 7) is 1.43. The molecule has 1 fully saturated rings. The van der Waals surface area contributed by atoms with Gasteiger partial charge in [-0.3, -0.25) is 4.79 Å². The van der Waals surface area contributed by atoms with E-state index in [0.29, 0.717) is 31.7 Å². The van der Waals surface area contributed by atoms with Gasteiger partial charge >= 0.3 is 0 Å². The summed E-state index contributed by atoms with van der Waals surface area (Å²) >= 11 is 0. The van der Waals surface area contributed by atoms with Gasteiger partial charge in [0, 0.05) is 39.5 Å². The summed E-state index contributed by atoms with van der Waals surface area (Å²) in [5.74, 6) is -0.337. The van der Waals surface area contributed by atoms with Crippen LogP contribution in [0.3, 0.4) is 0 Å². The average molecular weight is 329 g/mol. The highest BCUT2D eigenvalue weighted by Gasteiger charge is 2.28. The molecule has 1 aliphatic heterocycles. The standard InChI is InChI=1S/C14H23N3O4S/c1-16-11-12(10-13(16)14(19)15-6-5-9-18)22(20,21)17-7-3-2-4-8-17/h10-11,18H,2-9H2,1H3,(H,15,19). The molecule has 2 heterocycles. The number of aliphatic hydroxyl groups excluding tert-OH is 1. The van der Waals surface area contributed by atoms with E-state index in [4.69, 9.17) is 5.11 Å². The minimum Gasteiger partial charge on any atom is -0.396 e. The van der Waals surface area contributed by atoms with E-state index in [1.54, 1.807) is 7.05 Å². The van der Waals surface area contributed by atoms with Gasteiger partial charge in [-0.05, 0) is 25.3 Å². The SMILES string of the molecule is Cn1cc(S(=O)(=O)N2CCCCC2)cc1C(=O)NCCCO. The molecule has 0 radical (unpaired) electrons. The molecular formula is C14H23N3O4S. The molecule has 7 nitrogen and oxygen atoms in total. The van der Waals surface area contributed by atoms with E-state index >= 15 is 0 Å². The van der Waals surface area contributed by atoms with Crippen molar-refractivity contribution < 1.29 is 18.3 Å². The lowest BCUT2D eigenvalue weighted by Crippen LogP contribution is -2.35. The van der Waals surface area contributed by atoms with Gasteiger partial charge in [-0.25, -0.2) is 8.42 Å². The summed E-state index contributed by atoms with van der Waals surface area (Å²) in [5, 5.41) is 11.4. The van der Waals surface area contributed by atoms with Crippen molar-refractivity contribution in [2.24, 2.45) is 7.05 Å². The van der Waals surface area contributed by atoms with Gasteiger partial charge in [0.15, 0.2) is 0 Å². The smallest absolute Gasteiger partial charge is 0.267 e. The number of hydrogen-bond acceptors (Lipinski definition) is 4. The van der Waals surface area contributed by atoms with E-state index in [-0.39, 0.29) is 17.4 Å². The maximum absolute atomic E-state index is 12.6. The molecule has 0 unspecified atom stereocenters. The van der Waals surface area contributed by atoms with Gasteiger partial charge in [-0.2, -0.15) is 4.31 Å². The Hall–Kier alpha value is -1.38. The van der Waals surface area contributed by atoms with Crippen LogP contribution in [0.2, 0.25) is 0 Å². The highest BCUT2D eigenvalue weighted by atomic mass is 32.2. The molecule has 124 valence electrons. The second kappa shape index (κ2) is 7.26. The summed E-state index contributed by atoms with van der Waals surface area (Å²) in [6.07, 6.45) is 4.75. The van der Waals surface area contributed by atoms with Gasteiger partial charge in [-0.1, -0.05) is 6.42 Å². The Morgan fingerprint density at radius 3 is 2.64 bits per heavy atom. The number of piperidine rings is 1. The molecule has 0 saturated carbocycles. The third kappa shape index (κ3) is 3.68. The van der Waals surface area contributed by atoms with Crippen LogP contribution in [-0.2, 0) is 17.1 Å². The number of aliphatic hydroxyl groups is 1. The summed E-state index contributed by atoms with van der Waals surface area (Å²) in [6, 6.07) is 1.41. The zero-order chi connectivity index (χ0) is 16.2. The number of carbonyl (C=O) groups excluding carboxylic acids is 1. The first-order valence-electron chi connectivity index (χ1n) is 7.52. The quantitative estimate of drug-likeness (QED) is 0.735. The fourth-order valence-corrected chi connectivity index (χ4v) is 4.12. The van der Waals surface area contributed by atoms with Crippen LogP contribution in [0.25, 0.3) is 0 Å². The van der Waals surface area contributed by atoms with Crippen LogP contribution in [0.4, 0.5) is 0 Å². The minimum absolute atomic E-state index is 0.00199. The Kier molecular flexibility index (Phi) is 5.60. The third-order valence-electron chi connectivity index (χ3n) is 3.79. The lowest BCUT2D eigenvalue weighted by molar-refractivity contribution is 0.0943. The summed E-state index contributed by atoms with van der Waals surface area (Å²) in [4.78, 5) is 12.2. The molecule has 1 aromatic heterocycles. The van der Waals surface area contributed by atoms with Crippen LogP contribution in [0.15, 0.2) is 17.2 Å². The maximum Gasteiger partial charge on any atom is 0.267 e. The van der Waals surface area contributed by atoms with Gasteiger partial charge in [0.05, 0.1) is 0 Å². The Morgan fingerprint density at radius 1 is 1.32 bits per heavy atom. The Balaban J connectivity index is 2.16. The number of hydrogen-bond donors (Lipinski definition) is 2. The van der Waals surface area contributed by atoms with Gasteiger partial charge in [0.1, 0.15) is 10.6 Å². The van der Waals surface area contributed by atoms with E-state index < -0.39 is 10.0 Å². The van der Waals surface area contributed by atoms with Crippen LogP contribution in [0.5, 0.6) is 0 Å². The molecule has 0 bridgehead atoms. The molecule has 0 spiro atoms. The number of carbonyl (C=O) groups is 1. The van der Waals surface area contributed by atoms with Crippen LogP contribution in [0.1, 0.15) is 36.2 Å². The Morgan fingerprint density at radius 2 is 2.00 bits per heavy atom. The Labute approximate surface area is 131 Å². The Bertz CT molecular complexity index is 618. The molecule has 8 heteroatoms. The van der Waals surface area contributed by atoms with Crippen molar-refractivity contribution in [1.29, 1.82) is 0 Å². The molecular weight excluding hydrogens is 306 g/mol. The lowest BCUT2D eigenvalue weighted by Gasteiger charge is -2.25. The van der Waals surface area contributed by atoms with Gasteiger partial charge in [0.25, 0.3) is 5.91 Å². The molecule has 22 heavy (non-hydrogen) atoms. The lowest BCUT2D eigenvalue weighted by atomic mass is 10.2. The number of rotatable bonds is 6. The second-order valence-corrected chi connectivity index (χ2v) is 7.41. The van der Waals surface area contributed by atoms with Gasteiger partial charge < -0.3 is 15.0 Å². The number of nitrogens with zero attached hydrogens (tertiary/aromatic N) is 2. The van der Waals surface area contributed by atoms with Crippen molar-refractivity contribution in [2.75, 3.05) is 26.2 Å². The zero-order valence-corrected chi connectivity index (χ0v) is 13.6. The highest BCUT2D eigenvalue weighted by molar-refractivity contribution is 7.89. The summed E-state index contributed by atoms with van der Waals surface area (Å²) in [7, 11) is -1.88. The highest BCUT2D eigenvalue weighted by Crippen LogP contribution is 2.22. The fraction of sp³-hybridized carbons (Fsp3) is 0.643. The van der Waals surface area contributed by atoms with Crippen LogP contribution in [-0.4, -0.2) is 54.5 Å². The van der Waals surface area contributed by atoms with E-state index in [1.165, 1.54) is 21.1 Å². The predicted molar refractivity (Wildman–Crippen MR) is 82.1 cm³/mol. The van der Waals surface area contributed by atoms with Crippen molar-refractivity contribution >= 4 is 15.9 Å². The van der Waals surface area contributed by atoms with E-state index in [2.05, 4.69) is 5.32 Å². The number of aromatic nitrogens is 1. The van der Waals surface area contributed by atoms with Crippen molar-refractivity contribution in [3.05, 3.63) is 18.0 Å². The molecule has 1 aromatic rings. The maximum atomic E-state index is 12.6. The van der Waals surface area contributed by atoms with E-state index in [9.17, 15) is 13.2 Å². The molecule has 1 amide bonds. The molecule has 0 aliphatic carbocycles. The molecule has 2 N–H and O–H groups in total. The number of nitrogens with one attached hydrogen (secondary N) is 1. The predicted octanol–water partition coefficient (Wildman–Crippen LogP) is 0.312. The van der Waals surface area contributed by atoms with Crippen molar-refractivity contribution in [2.45, 2.75) is 30.6 Å². The largest absolute Gasteiger partial charge is 0.396 e. The monoisotopic (exact) mass is 329 g/mol. The second-order valence-electron chi connectivity index (χ2n) is 5.47. The third-order valence-corrected chi connectivity index (χ3v) is 5.65. The first-order chi connectivity index (χ1) is 10.5. The minimum atomic E-state index is -3.53. The topological polar surface area (TPSA) is 91.6 Å². The first-order valence-corrected chi connectivity index (χ1v) is 8.96. The number of amides is 1. The van der Waals surface area contributed by atoms with E-state index in [0.717, 1.165) is 19.3 Å². The number of aryl methyl sites for hydroxylation is 1. The fourth-order valence-electron chi connectivity index (χ4n) is 2.53. The van der Waals surface area contributed by atoms with Crippen molar-refractivity contribution in [3.63, 3.8) is 0 Å². The molecule has 0 atom stereocenters. The van der Waals surface area contributed by atoms with Crippen LogP contribution >= 0.6 is 0 Å². The van der Waals surface area contributed by atoms with Crippen LogP contribution < -0.4 is 5.32 Å². The van der Waals surface area contributed by atoms with Crippen molar-refractivity contribution in [3.8, 4) is 0 Å². The normalized spacial score (nSPS) is 16.6. The molecule has 2 rings (SSSR count). The zero-order valence-electron chi connectivity index (χ0n) is 12.8. The first kappa shape index (κ1) is 17.0. The summed E-state index contributed by atoms with van der Waals surface area (Å²) < 4.78 is 28.2. The van der Waals surface area contributed by atoms with E-state index in [1.807, 2.05) is 0 Å². The van der Waals surface area contributed by atoms with Crippen molar-refractivity contribution in [1.82, 2.24) is 14.2 Å². The average Bonchev–Trinajstić information content (AvgIpc) is 2.91. The van der Waals surface area contributed by atoms with Crippen LogP contribution in [0, 0.1) is 0 Å². The molecule has 1 aliphatic rings. The van der Waals surface area contributed by atoms with Gasteiger partial charge in [-0.15, -0.1) is 0 Å².